The zero-order chi connectivity index (χ0) is 21.2. The summed E-state index contributed by atoms with van der Waals surface area (Å²) < 4.78 is 10.9. The van der Waals surface area contributed by atoms with Crippen molar-refractivity contribution in [1.29, 1.82) is 0 Å². The minimum atomic E-state index is -0.366. The van der Waals surface area contributed by atoms with Gasteiger partial charge in [0, 0.05) is 32.2 Å². The van der Waals surface area contributed by atoms with Gasteiger partial charge in [-0.25, -0.2) is 9.59 Å². The van der Waals surface area contributed by atoms with Gasteiger partial charge in [0.15, 0.2) is 0 Å². The Morgan fingerprint density at radius 1 is 0.900 bits per heavy atom. The van der Waals surface area contributed by atoms with E-state index in [1.54, 1.807) is 9.80 Å². The molecule has 0 atom stereocenters. The van der Waals surface area contributed by atoms with Crippen molar-refractivity contribution < 1.29 is 19.1 Å². The van der Waals surface area contributed by atoms with Gasteiger partial charge in [0.05, 0.1) is 0 Å². The Labute approximate surface area is 177 Å². The number of hydrogen-bond donors (Lipinski definition) is 1. The lowest BCUT2D eigenvalue weighted by Crippen LogP contribution is -2.50. The van der Waals surface area contributed by atoms with Gasteiger partial charge in [0.2, 0.25) is 0 Å². The highest BCUT2D eigenvalue weighted by Crippen LogP contribution is 2.19. The number of rotatable bonds is 7. The third kappa shape index (κ3) is 6.22. The van der Waals surface area contributed by atoms with E-state index in [1.807, 2.05) is 60.7 Å². The summed E-state index contributed by atoms with van der Waals surface area (Å²) in [6.45, 7) is 2.34. The summed E-state index contributed by atoms with van der Waals surface area (Å²) in [6, 6.07) is 19.2. The number of carbonyl (C=O) groups is 2. The molecule has 0 aromatic heterocycles. The van der Waals surface area contributed by atoms with Crippen molar-refractivity contribution in [3.63, 3.8) is 0 Å². The Morgan fingerprint density at radius 2 is 1.43 bits per heavy atom. The van der Waals surface area contributed by atoms with Gasteiger partial charge in [-0.15, -0.1) is 0 Å². The summed E-state index contributed by atoms with van der Waals surface area (Å²) in [5.74, 6) is 0. The summed E-state index contributed by atoms with van der Waals surface area (Å²) in [6.07, 6.45) is 0.644. The average molecular weight is 412 g/mol. The lowest BCUT2D eigenvalue weighted by atomic mass is 10.0. The van der Waals surface area contributed by atoms with Crippen molar-refractivity contribution in [1.82, 2.24) is 9.80 Å². The van der Waals surface area contributed by atoms with Crippen LogP contribution in [-0.4, -0.2) is 54.2 Å². The second-order valence-electron chi connectivity index (χ2n) is 7.28. The van der Waals surface area contributed by atoms with E-state index in [2.05, 4.69) is 0 Å². The monoisotopic (exact) mass is 411 g/mol. The molecule has 0 spiro atoms. The predicted octanol–water partition coefficient (Wildman–Crippen LogP) is 3.39. The molecule has 2 aromatic carbocycles. The molecule has 0 aliphatic carbocycles. The van der Waals surface area contributed by atoms with E-state index in [1.165, 1.54) is 0 Å². The van der Waals surface area contributed by atoms with Gasteiger partial charge in [0.1, 0.15) is 13.2 Å². The van der Waals surface area contributed by atoms with Crippen LogP contribution in [0, 0.1) is 0 Å². The molecule has 1 saturated heterocycles. The second kappa shape index (κ2) is 11.2. The maximum Gasteiger partial charge on any atom is 0.410 e. The Hall–Kier alpha value is -3.06. The minimum Gasteiger partial charge on any atom is -0.445 e. The summed E-state index contributed by atoms with van der Waals surface area (Å²) >= 11 is 0. The molecule has 30 heavy (non-hydrogen) atoms. The number of hydrogen-bond acceptors (Lipinski definition) is 5. The van der Waals surface area contributed by atoms with Crippen LogP contribution < -0.4 is 5.73 Å². The molecule has 0 radical (unpaired) electrons. The molecule has 2 aromatic rings. The molecular formula is C23H29N3O4. The first-order chi connectivity index (χ1) is 14.7. The van der Waals surface area contributed by atoms with Crippen LogP contribution in [0.3, 0.4) is 0 Å². The molecule has 0 bridgehead atoms. The first kappa shape index (κ1) is 21.6. The minimum absolute atomic E-state index is 0.00463. The fraction of sp³-hybridized carbons (Fsp3) is 0.391. The second-order valence-corrected chi connectivity index (χ2v) is 7.28. The Bertz CT molecular complexity index is 793. The number of carbonyl (C=O) groups excluding carboxylic acids is 2. The number of benzene rings is 2. The first-order valence-corrected chi connectivity index (χ1v) is 10.3. The van der Waals surface area contributed by atoms with Gasteiger partial charge in [-0.05, 0) is 24.0 Å². The summed E-state index contributed by atoms with van der Waals surface area (Å²) in [7, 11) is 0. The molecule has 1 fully saturated rings. The van der Waals surface area contributed by atoms with Gasteiger partial charge < -0.3 is 25.0 Å². The Balaban J connectivity index is 1.47. The van der Waals surface area contributed by atoms with Crippen molar-refractivity contribution in [3.8, 4) is 0 Å². The fourth-order valence-electron chi connectivity index (χ4n) is 3.53. The molecule has 2 amide bonds. The zero-order valence-electron chi connectivity index (χ0n) is 17.1. The lowest BCUT2D eigenvalue weighted by Gasteiger charge is -2.37. The van der Waals surface area contributed by atoms with Crippen molar-refractivity contribution in [2.24, 2.45) is 5.73 Å². The highest BCUT2D eigenvalue weighted by atomic mass is 16.6. The molecule has 0 saturated carbocycles. The number of piperidine rings is 1. The Morgan fingerprint density at radius 3 is 1.97 bits per heavy atom. The van der Waals surface area contributed by atoms with Gasteiger partial charge >= 0.3 is 12.2 Å². The Kier molecular flexibility index (Phi) is 8.09. The van der Waals surface area contributed by atoms with Crippen LogP contribution in [0.5, 0.6) is 0 Å². The molecule has 1 aliphatic rings. The smallest absolute Gasteiger partial charge is 0.410 e. The van der Waals surface area contributed by atoms with Crippen LogP contribution in [0.15, 0.2) is 60.7 Å². The van der Waals surface area contributed by atoms with E-state index in [4.69, 9.17) is 15.2 Å². The number of nitrogens with zero attached hydrogens (tertiary/aromatic N) is 2. The van der Waals surface area contributed by atoms with Crippen molar-refractivity contribution in [2.75, 3.05) is 26.2 Å². The topological polar surface area (TPSA) is 85.1 Å². The van der Waals surface area contributed by atoms with Gasteiger partial charge in [-0.2, -0.15) is 0 Å². The van der Waals surface area contributed by atoms with E-state index in [0.717, 1.165) is 11.1 Å². The van der Waals surface area contributed by atoms with Crippen molar-refractivity contribution >= 4 is 12.2 Å². The SMILES string of the molecule is NCCN(C(=O)OCc1ccccc1)C1CCN(C(=O)OCc2ccccc2)CC1. The fourth-order valence-corrected chi connectivity index (χ4v) is 3.53. The highest BCUT2D eigenvalue weighted by molar-refractivity contribution is 5.69. The molecule has 7 nitrogen and oxygen atoms in total. The zero-order valence-corrected chi connectivity index (χ0v) is 17.1. The van der Waals surface area contributed by atoms with Crippen molar-refractivity contribution in [2.45, 2.75) is 32.1 Å². The normalized spacial score (nSPS) is 14.2. The quantitative estimate of drug-likeness (QED) is 0.755. The molecular weight excluding hydrogens is 382 g/mol. The van der Waals surface area contributed by atoms with Crippen LogP contribution in [0.25, 0.3) is 0 Å². The van der Waals surface area contributed by atoms with Gasteiger partial charge in [-0.3, -0.25) is 0 Å². The van der Waals surface area contributed by atoms with Crippen LogP contribution >= 0.6 is 0 Å². The standard InChI is InChI=1S/C23H29N3O4/c24-13-16-26(23(28)30-18-20-9-5-2-6-10-20)21-11-14-25(15-12-21)22(27)29-17-19-7-3-1-4-8-19/h1-10,21H,11-18,24H2. The third-order valence-electron chi connectivity index (χ3n) is 5.18. The highest BCUT2D eigenvalue weighted by Gasteiger charge is 2.30. The molecule has 2 N–H and O–H groups in total. The molecule has 1 aliphatic heterocycles. The maximum absolute atomic E-state index is 12.6. The van der Waals surface area contributed by atoms with E-state index in [9.17, 15) is 9.59 Å². The maximum atomic E-state index is 12.6. The predicted molar refractivity (Wildman–Crippen MR) is 114 cm³/mol. The van der Waals surface area contributed by atoms with Crippen LogP contribution in [-0.2, 0) is 22.7 Å². The number of ether oxygens (including phenoxy) is 2. The van der Waals surface area contributed by atoms with Gasteiger partial charge in [0.25, 0.3) is 0 Å². The van der Waals surface area contributed by atoms with Crippen LogP contribution in [0.4, 0.5) is 9.59 Å². The molecule has 3 rings (SSSR count). The molecule has 160 valence electrons. The third-order valence-corrected chi connectivity index (χ3v) is 5.18. The molecule has 7 heteroatoms. The molecule has 1 heterocycles. The largest absolute Gasteiger partial charge is 0.445 e. The summed E-state index contributed by atoms with van der Waals surface area (Å²) in [5.41, 5.74) is 7.61. The average Bonchev–Trinajstić information content (AvgIpc) is 2.81. The van der Waals surface area contributed by atoms with Gasteiger partial charge in [-0.1, -0.05) is 60.7 Å². The van der Waals surface area contributed by atoms with E-state index >= 15 is 0 Å². The van der Waals surface area contributed by atoms with Crippen LogP contribution in [0.1, 0.15) is 24.0 Å². The van der Waals surface area contributed by atoms with E-state index < -0.39 is 0 Å². The van der Waals surface area contributed by atoms with E-state index in [0.29, 0.717) is 39.0 Å². The first-order valence-electron chi connectivity index (χ1n) is 10.3. The number of likely N-dealkylation sites (tertiary alicyclic amines) is 1. The van der Waals surface area contributed by atoms with E-state index in [-0.39, 0.29) is 31.4 Å². The summed E-state index contributed by atoms with van der Waals surface area (Å²) in [4.78, 5) is 28.3. The van der Waals surface area contributed by atoms with Crippen molar-refractivity contribution in [3.05, 3.63) is 71.8 Å². The molecule has 0 unspecified atom stereocenters. The number of amides is 2. The lowest BCUT2D eigenvalue weighted by molar-refractivity contribution is 0.0528. The summed E-state index contributed by atoms with van der Waals surface area (Å²) in [5, 5.41) is 0. The van der Waals surface area contributed by atoms with Crippen LogP contribution in [0.2, 0.25) is 0 Å². The number of nitrogens with two attached hydrogens (primary N) is 1.